The summed E-state index contributed by atoms with van der Waals surface area (Å²) in [6, 6.07) is 12.7. The zero-order chi connectivity index (χ0) is 23.4. The summed E-state index contributed by atoms with van der Waals surface area (Å²) in [5.74, 6) is 0.376. The average molecular weight is 489 g/mol. The van der Waals surface area contributed by atoms with Gasteiger partial charge < -0.3 is 10.5 Å². The molecule has 0 bridgehead atoms. The zero-order valence-electron chi connectivity index (χ0n) is 18.0. The minimum absolute atomic E-state index is 0. The van der Waals surface area contributed by atoms with E-state index in [4.69, 9.17) is 10.5 Å². The van der Waals surface area contributed by atoms with Crippen molar-refractivity contribution in [2.75, 3.05) is 13.7 Å². The standard InChI is InChI=1S/C24H19F3N4O2.ClH/c1-31-21(32)23(30-22(31)28,17-5-6-20-15(12-17)8-10-33-20)16-4-2-3-14(11-16)18-13-29-9-7-19(18)24(25,26)27;/h2-7,9,11-13H,8,10H2,1H3,(H2,28,30);1H. The van der Waals surface area contributed by atoms with Crippen LogP contribution in [0.15, 0.2) is 65.9 Å². The number of ether oxygens (including phenoxy) is 1. The van der Waals surface area contributed by atoms with Gasteiger partial charge in [0.1, 0.15) is 5.75 Å². The lowest BCUT2D eigenvalue weighted by atomic mass is 9.81. The minimum atomic E-state index is -4.56. The second-order valence-electron chi connectivity index (χ2n) is 7.97. The van der Waals surface area contributed by atoms with Gasteiger partial charge in [-0.25, -0.2) is 4.99 Å². The number of alkyl halides is 3. The zero-order valence-corrected chi connectivity index (χ0v) is 18.8. The summed E-state index contributed by atoms with van der Waals surface area (Å²) in [6.07, 6.45) is -1.60. The first kappa shape index (κ1) is 23.6. The highest BCUT2D eigenvalue weighted by Gasteiger charge is 2.50. The lowest BCUT2D eigenvalue weighted by Gasteiger charge is -2.27. The van der Waals surface area contributed by atoms with Crippen LogP contribution in [0.2, 0.25) is 0 Å². The number of nitrogens with zero attached hydrogens (tertiary/aromatic N) is 3. The summed E-state index contributed by atoms with van der Waals surface area (Å²) in [4.78, 5) is 23.2. The van der Waals surface area contributed by atoms with Crippen molar-refractivity contribution in [1.82, 2.24) is 9.88 Å². The van der Waals surface area contributed by atoms with Gasteiger partial charge in [0, 0.05) is 31.4 Å². The minimum Gasteiger partial charge on any atom is -0.493 e. The molecule has 3 heterocycles. The van der Waals surface area contributed by atoms with E-state index in [1.54, 1.807) is 36.4 Å². The van der Waals surface area contributed by atoms with E-state index >= 15 is 0 Å². The smallest absolute Gasteiger partial charge is 0.417 e. The number of benzene rings is 2. The molecule has 1 unspecified atom stereocenters. The van der Waals surface area contributed by atoms with E-state index < -0.39 is 23.2 Å². The number of amides is 1. The molecule has 176 valence electrons. The molecular formula is C24H20ClF3N4O2. The van der Waals surface area contributed by atoms with Gasteiger partial charge in [-0.05, 0) is 46.5 Å². The molecule has 5 rings (SSSR count). The van der Waals surface area contributed by atoms with Gasteiger partial charge in [0.25, 0.3) is 5.91 Å². The van der Waals surface area contributed by atoms with Crippen molar-refractivity contribution in [2.24, 2.45) is 10.7 Å². The molecule has 1 aromatic heterocycles. The van der Waals surface area contributed by atoms with Crippen molar-refractivity contribution in [3.05, 3.63) is 83.2 Å². The van der Waals surface area contributed by atoms with Crippen molar-refractivity contribution in [1.29, 1.82) is 0 Å². The van der Waals surface area contributed by atoms with Crippen LogP contribution in [0.5, 0.6) is 5.75 Å². The van der Waals surface area contributed by atoms with Gasteiger partial charge in [-0.1, -0.05) is 24.3 Å². The normalized spacial score (nSPS) is 19.4. The summed E-state index contributed by atoms with van der Waals surface area (Å²) in [7, 11) is 1.52. The Kier molecular flexibility index (Phi) is 5.77. The second kappa shape index (κ2) is 8.32. The second-order valence-corrected chi connectivity index (χ2v) is 7.97. The maximum absolute atomic E-state index is 13.6. The Morgan fingerprint density at radius 2 is 1.88 bits per heavy atom. The number of halogens is 4. The molecule has 2 aliphatic rings. The molecule has 1 atom stereocenters. The molecule has 2 N–H and O–H groups in total. The third-order valence-corrected chi connectivity index (χ3v) is 6.07. The topological polar surface area (TPSA) is 80.8 Å². The molecule has 0 saturated heterocycles. The third-order valence-electron chi connectivity index (χ3n) is 6.07. The number of likely N-dealkylation sites (N-methyl/N-ethyl adjacent to an activating group) is 1. The number of guanidine groups is 1. The molecular weight excluding hydrogens is 469 g/mol. The van der Waals surface area contributed by atoms with Crippen molar-refractivity contribution in [3.63, 3.8) is 0 Å². The Morgan fingerprint density at radius 3 is 2.59 bits per heavy atom. The Labute approximate surface area is 199 Å². The number of carbonyl (C=O) groups is 1. The molecule has 2 aliphatic heterocycles. The van der Waals surface area contributed by atoms with Gasteiger partial charge in [-0.3, -0.25) is 14.7 Å². The van der Waals surface area contributed by atoms with Crippen LogP contribution in [-0.4, -0.2) is 35.4 Å². The molecule has 2 aromatic carbocycles. The van der Waals surface area contributed by atoms with Gasteiger partial charge in [0.05, 0.1) is 12.2 Å². The average Bonchev–Trinajstić information content (AvgIpc) is 3.37. The van der Waals surface area contributed by atoms with Gasteiger partial charge in [-0.2, -0.15) is 13.2 Å². The molecule has 0 spiro atoms. The van der Waals surface area contributed by atoms with Crippen molar-refractivity contribution >= 4 is 24.3 Å². The van der Waals surface area contributed by atoms with Gasteiger partial charge in [0.15, 0.2) is 11.5 Å². The number of aliphatic imine (C=N–C) groups is 1. The largest absolute Gasteiger partial charge is 0.493 e. The summed E-state index contributed by atoms with van der Waals surface area (Å²) in [6.45, 7) is 0.543. The van der Waals surface area contributed by atoms with E-state index in [9.17, 15) is 18.0 Å². The van der Waals surface area contributed by atoms with Crippen LogP contribution in [0, 0.1) is 0 Å². The van der Waals surface area contributed by atoms with Crippen LogP contribution in [-0.2, 0) is 22.9 Å². The maximum Gasteiger partial charge on any atom is 0.417 e. The van der Waals surface area contributed by atoms with Crippen molar-refractivity contribution in [3.8, 4) is 16.9 Å². The highest BCUT2D eigenvalue weighted by atomic mass is 35.5. The SMILES string of the molecule is CN1C(=O)C(c2cccc(-c3cnccc3C(F)(F)F)c2)(c2ccc3c(c2)CCO3)N=C1N.Cl. The first-order valence-corrected chi connectivity index (χ1v) is 10.2. The van der Waals surface area contributed by atoms with Crippen LogP contribution >= 0.6 is 12.4 Å². The summed E-state index contributed by atoms with van der Waals surface area (Å²) in [5.41, 5.74) is 5.81. The first-order chi connectivity index (χ1) is 15.7. The summed E-state index contributed by atoms with van der Waals surface area (Å²) < 4.78 is 46.5. The lowest BCUT2D eigenvalue weighted by Crippen LogP contribution is -2.41. The molecule has 0 aliphatic carbocycles. The van der Waals surface area contributed by atoms with Crippen LogP contribution in [0.25, 0.3) is 11.1 Å². The van der Waals surface area contributed by atoms with E-state index in [1.165, 1.54) is 18.1 Å². The number of aromatic nitrogens is 1. The predicted octanol–water partition coefficient (Wildman–Crippen LogP) is 4.15. The van der Waals surface area contributed by atoms with Crippen molar-refractivity contribution < 1.29 is 22.7 Å². The molecule has 3 aromatic rings. The molecule has 1 amide bonds. The van der Waals surface area contributed by atoms with Crippen LogP contribution in [0.3, 0.4) is 0 Å². The fourth-order valence-corrected chi connectivity index (χ4v) is 4.38. The van der Waals surface area contributed by atoms with Crippen LogP contribution in [0.1, 0.15) is 22.3 Å². The number of fused-ring (bicyclic) bond motifs is 1. The quantitative estimate of drug-likeness (QED) is 0.600. The molecule has 6 nitrogen and oxygen atoms in total. The highest BCUT2D eigenvalue weighted by Crippen LogP contribution is 2.43. The Bertz CT molecular complexity index is 1310. The molecule has 0 fully saturated rings. The lowest BCUT2D eigenvalue weighted by molar-refractivity contribution is -0.137. The monoisotopic (exact) mass is 488 g/mol. The Morgan fingerprint density at radius 1 is 1.12 bits per heavy atom. The molecule has 0 saturated carbocycles. The number of pyridine rings is 1. The fourth-order valence-electron chi connectivity index (χ4n) is 4.38. The van der Waals surface area contributed by atoms with Gasteiger partial charge in [-0.15, -0.1) is 12.4 Å². The number of rotatable bonds is 3. The molecule has 34 heavy (non-hydrogen) atoms. The van der Waals surface area contributed by atoms with Crippen LogP contribution < -0.4 is 10.5 Å². The molecule has 10 heteroatoms. The van der Waals surface area contributed by atoms with E-state index in [0.29, 0.717) is 24.2 Å². The predicted molar refractivity (Wildman–Crippen MR) is 123 cm³/mol. The first-order valence-electron chi connectivity index (χ1n) is 10.2. The maximum atomic E-state index is 13.6. The number of hydrogen-bond donors (Lipinski definition) is 1. The number of carbonyl (C=O) groups excluding carboxylic acids is 1. The fraction of sp³-hybridized carbons (Fsp3) is 0.208. The summed E-state index contributed by atoms with van der Waals surface area (Å²) >= 11 is 0. The third kappa shape index (κ3) is 3.56. The van der Waals surface area contributed by atoms with E-state index in [2.05, 4.69) is 9.98 Å². The van der Waals surface area contributed by atoms with E-state index in [1.807, 2.05) is 6.07 Å². The molecule has 0 radical (unpaired) electrons. The van der Waals surface area contributed by atoms with Gasteiger partial charge >= 0.3 is 6.18 Å². The Hall–Kier alpha value is -3.59. The highest BCUT2D eigenvalue weighted by molar-refractivity contribution is 6.09. The van der Waals surface area contributed by atoms with E-state index in [0.717, 1.165) is 23.6 Å². The number of hydrogen-bond acceptors (Lipinski definition) is 5. The van der Waals surface area contributed by atoms with Crippen molar-refractivity contribution in [2.45, 2.75) is 18.1 Å². The Balaban J connectivity index is 0.00000274. The van der Waals surface area contributed by atoms with Gasteiger partial charge in [0.2, 0.25) is 0 Å². The summed E-state index contributed by atoms with van der Waals surface area (Å²) in [5, 5.41) is 0. The number of nitrogens with two attached hydrogens (primary N) is 1. The van der Waals surface area contributed by atoms with Crippen LogP contribution in [0.4, 0.5) is 13.2 Å². The van der Waals surface area contributed by atoms with E-state index in [-0.39, 0.29) is 29.5 Å².